The maximum absolute atomic E-state index is 13.2. The second-order valence-corrected chi connectivity index (χ2v) is 9.84. The minimum absolute atomic E-state index is 0.201. The van der Waals surface area contributed by atoms with Gasteiger partial charge in [-0.15, -0.1) is 0 Å². The van der Waals surface area contributed by atoms with Gasteiger partial charge in [-0.2, -0.15) is 4.31 Å². The van der Waals surface area contributed by atoms with Gasteiger partial charge in [-0.3, -0.25) is 4.79 Å². The average Bonchev–Trinajstić information content (AvgIpc) is 3.45. The van der Waals surface area contributed by atoms with Crippen LogP contribution in [-0.4, -0.2) is 49.1 Å². The predicted octanol–water partition coefficient (Wildman–Crippen LogP) is 2.17. The van der Waals surface area contributed by atoms with Crippen molar-refractivity contribution < 1.29 is 27.5 Å². The Kier molecular flexibility index (Phi) is 5.72. The quantitative estimate of drug-likeness (QED) is 0.626. The van der Waals surface area contributed by atoms with E-state index in [2.05, 4.69) is 5.32 Å². The number of fused-ring (bicyclic) bond motifs is 1. The Morgan fingerprint density at radius 1 is 1.13 bits per heavy atom. The molecule has 0 aromatic heterocycles. The van der Waals surface area contributed by atoms with Gasteiger partial charge in [0, 0.05) is 24.7 Å². The number of esters is 1. The molecule has 2 aliphatic rings. The maximum Gasteiger partial charge on any atom is 0.344 e. The fourth-order valence-electron chi connectivity index (χ4n) is 3.96. The van der Waals surface area contributed by atoms with Crippen LogP contribution < -0.4 is 10.1 Å². The summed E-state index contributed by atoms with van der Waals surface area (Å²) >= 11 is 0. The van der Waals surface area contributed by atoms with Crippen LogP contribution in [0.15, 0.2) is 54.6 Å². The fraction of sp³-hybridized carbons (Fsp3) is 0.364. The number of anilines is 1. The molecule has 2 aromatic carbocycles. The zero-order valence-electron chi connectivity index (χ0n) is 17.1. The van der Waals surface area contributed by atoms with Crippen molar-refractivity contribution in [2.75, 3.05) is 25.1 Å². The van der Waals surface area contributed by atoms with E-state index < -0.39 is 26.6 Å². The number of carbonyl (C=O) groups is 2. The molecule has 8 nitrogen and oxygen atoms in total. The van der Waals surface area contributed by atoms with Crippen LogP contribution in [0.5, 0.6) is 5.75 Å². The van der Waals surface area contributed by atoms with E-state index in [0.717, 1.165) is 5.56 Å². The Labute approximate surface area is 181 Å². The number of rotatable bonds is 8. The van der Waals surface area contributed by atoms with Crippen LogP contribution in [0.4, 0.5) is 5.69 Å². The first-order valence-corrected chi connectivity index (χ1v) is 11.5. The molecule has 2 atom stereocenters. The van der Waals surface area contributed by atoms with Crippen LogP contribution in [0.25, 0.3) is 0 Å². The Balaban J connectivity index is 1.39. The molecule has 4 rings (SSSR count). The summed E-state index contributed by atoms with van der Waals surface area (Å²) in [5.41, 5.74) is 1.35. The summed E-state index contributed by atoms with van der Waals surface area (Å²) < 4.78 is 36.4. The summed E-state index contributed by atoms with van der Waals surface area (Å²) in [7, 11) is -3.76. The van der Waals surface area contributed by atoms with Gasteiger partial charge >= 0.3 is 5.97 Å². The number of hydrogen-bond donors (Lipinski definition) is 1. The summed E-state index contributed by atoms with van der Waals surface area (Å²) in [6.07, 6.45) is 0.340. The molecule has 31 heavy (non-hydrogen) atoms. The topological polar surface area (TPSA) is 102 Å². The van der Waals surface area contributed by atoms with Gasteiger partial charge in [-0.25, -0.2) is 13.2 Å². The van der Waals surface area contributed by atoms with Crippen molar-refractivity contribution in [3.8, 4) is 5.75 Å². The highest BCUT2D eigenvalue weighted by molar-refractivity contribution is 7.92. The Morgan fingerprint density at radius 2 is 1.84 bits per heavy atom. The van der Waals surface area contributed by atoms with E-state index in [9.17, 15) is 18.0 Å². The molecular formula is C22H24N2O6S. The summed E-state index contributed by atoms with van der Waals surface area (Å²) in [5.74, 6) is -0.733. The Hall–Kier alpha value is -2.91. The molecule has 1 saturated carbocycles. The van der Waals surface area contributed by atoms with Crippen LogP contribution in [0.3, 0.4) is 0 Å². The predicted molar refractivity (Wildman–Crippen MR) is 114 cm³/mol. The van der Waals surface area contributed by atoms with Gasteiger partial charge in [0.2, 0.25) is 15.9 Å². The molecule has 1 N–H and O–H groups in total. The Bertz CT molecular complexity index is 1070. The summed E-state index contributed by atoms with van der Waals surface area (Å²) in [6.45, 7) is 2.40. The van der Waals surface area contributed by atoms with E-state index in [4.69, 9.17) is 9.47 Å². The van der Waals surface area contributed by atoms with Crippen molar-refractivity contribution in [2.24, 2.45) is 5.92 Å². The molecular weight excluding hydrogens is 420 g/mol. The molecule has 0 bridgehead atoms. The van der Waals surface area contributed by atoms with E-state index in [-0.39, 0.29) is 25.7 Å². The van der Waals surface area contributed by atoms with E-state index in [1.54, 1.807) is 31.2 Å². The van der Waals surface area contributed by atoms with Crippen molar-refractivity contribution in [3.05, 3.63) is 60.2 Å². The number of nitrogens with zero attached hydrogens (tertiary/aromatic N) is 1. The van der Waals surface area contributed by atoms with Gasteiger partial charge in [0.25, 0.3) is 0 Å². The molecule has 1 aliphatic carbocycles. The second kappa shape index (κ2) is 8.32. The van der Waals surface area contributed by atoms with Gasteiger partial charge < -0.3 is 14.8 Å². The first-order valence-electron chi connectivity index (χ1n) is 10.1. The molecule has 2 aromatic rings. The lowest BCUT2D eigenvalue weighted by atomic mass is 10.2. The highest BCUT2D eigenvalue weighted by Gasteiger charge is 2.75. The van der Waals surface area contributed by atoms with Crippen molar-refractivity contribution in [1.29, 1.82) is 0 Å². The van der Waals surface area contributed by atoms with Crippen LogP contribution in [0.1, 0.15) is 18.9 Å². The van der Waals surface area contributed by atoms with Gasteiger partial charge in [-0.05, 0) is 43.2 Å². The summed E-state index contributed by atoms with van der Waals surface area (Å²) in [6, 6.07) is 15.8. The van der Waals surface area contributed by atoms with Crippen molar-refractivity contribution in [2.45, 2.75) is 24.6 Å². The third kappa shape index (κ3) is 4.03. The number of ether oxygens (including phenoxy) is 2. The summed E-state index contributed by atoms with van der Waals surface area (Å²) in [5, 5.41) is 2.73. The Morgan fingerprint density at radius 3 is 2.52 bits per heavy atom. The van der Waals surface area contributed by atoms with Gasteiger partial charge in [0.1, 0.15) is 5.75 Å². The van der Waals surface area contributed by atoms with E-state index in [1.165, 1.54) is 4.31 Å². The number of carbonyl (C=O) groups excluding carboxylic acids is 2. The highest BCUT2D eigenvalue weighted by Crippen LogP contribution is 2.58. The molecule has 164 valence electrons. The van der Waals surface area contributed by atoms with Crippen LogP contribution >= 0.6 is 0 Å². The summed E-state index contributed by atoms with van der Waals surface area (Å²) in [4.78, 5) is 24.3. The molecule has 9 heteroatoms. The standard InChI is InChI=1S/C22H24N2O6S/c1-2-29-20(25)15-30-19-10-8-18(9-11-19)23-21(26)22-12-17(22)14-24(31(22,27)28)13-16-6-4-3-5-7-16/h3-11,17H,2,12-15H2,1H3,(H,23,26)/t17-,22+/m1/s1. The van der Waals surface area contributed by atoms with E-state index in [1.807, 2.05) is 30.3 Å². The first-order chi connectivity index (χ1) is 14.9. The van der Waals surface area contributed by atoms with Crippen LogP contribution in [-0.2, 0) is 30.9 Å². The lowest BCUT2D eigenvalue weighted by Crippen LogP contribution is -2.41. The molecule has 2 fully saturated rings. The monoisotopic (exact) mass is 444 g/mol. The van der Waals surface area contributed by atoms with Crippen LogP contribution in [0.2, 0.25) is 0 Å². The minimum Gasteiger partial charge on any atom is -0.482 e. The number of benzene rings is 2. The van der Waals surface area contributed by atoms with E-state index >= 15 is 0 Å². The second-order valence-electron chi connectivity index (χ2n) is 7.65. The molecule has 0 radical (unpaired) electrons. The van der Waals surface area contributed by atoms with Crippen LogP contribution in [0, 0.1) is 5.92 Å². The van der Waals surface area contributed by atoms with Crippen molar-refractivity contribution in [1.82, 2.24) is 4.31 Å². The molecule has 1 heterocycles. The van der Waals surface area contributed by atoms with E-state index in [0.29, 0.717) is 24.4 Å². The number of sulfonamides is 1. The number of nitrogens with one attached hydrogen (secondary N) is 1. The number of hydrogen-bond acceptors (Lipinski definition) is 6. The zero-order valence-corrected chi connectivity index (χ0v) is 17.9. The molecule has 0 unspecified atom stereocenters. The minimum atomic E-state index is -3.76. The SMILES string of the molecule is CCOC(=O)COc1ccc(NC(=O)[C@]23C[C@@H]2CN(Cc2ccccc2)S3(=O)=O)cc1. The number of amides is 1. The van der Waals surface area contributed by atoms with Gasteiger partial charge in [0.15, 0.2) is 11.4 Å². The molecule has 0 spiro atoms. The lowest BCUT2D eigenvalue weighted by Gasteiger charge is -2.21. The lowest BCUT2D eigenvalue weighted by molar-refractivity contribution is -0.145. The van der Waals surface area contributed by atoms with Gasteiger partial charge in [-0.1, -0.05) is 30.3 Å². The largest absolute Gasteiger partial charge is 0.482 e. The smallest absolute Gasteiger partial charge is 0.344 e. The molecule has 1 aliphatic heterocycles. The third-order valence-electron chi connectivity index (χ3n) is 5.63. The fourth-order valence-corrected chi connectivity index (χ4v) is 6.31. The maximum atomic E-state index is 13.2. The highest BCUT2D eigenvalue weighted by atomic mass is 32.2. The molecule has 1 amide bonds. The van der Waals surface area contributed by atoms with Crippen molar-refractivity contribution >= 4 is 27.6 Å². The third-order valence-corrected chi connectivity index (χ3v) is 8.20. The van der Waals surface area contributed by atoms with Gasteiger partial charge in [0.05, 0.1) is 6.61 Å². The molecule has 1 saturated heterocycles. The normalized spacial score (nSPS) is 23.6. The van der Waals surface area contributed by atoms with Crippen molar-refractivity contribution in [3.63, 3.8) is 0 Å². The average molecular weight is 445 g/mol. The zero-order chi connectivity index (χ0) is 22.1. The first kappa shape index (κ1) is 21.3.